The van der Waals surface area contributed by atoms with Crippen LogP contribution in [0.15, 0.2) is 53.4 Å². The Morgan fingerprint density at radius 3 is 2.04 bits per heavy atom. The predicted octanol–water partition coefficient (Wildman–Crippen LogP) is 5.22. The molecule has 0 atom stereocenters. The monoisotopic (exact) mass is 368 g/mol. The first-order valence-corrected chi connectivity index (χ1v) is 9.26. The average molecular weight is 369 g/mol. The molecule has 0 radical (unpaired) electrons. The molecule has 1 fully saturated rings. The highest BCUT2D eigenvalue weighted by Crippen LogP contribution is 2.27. The zero-order valence-electron chi connectivity index (χ0n) is 14.4. The molecule has 2 aromatic carbocycles. The molecule has 2 N–H and O–H groups in total. The molecule has 128 valence electrons. The largest absolute Gasteiger partial charge is 0.356 e. The molecule has 1 aliphatic rings. The predicted molar refractivity (Wildman–Crippen MR) is 111 cm³/mol. The number of anilines is 2. The van der Waals surface area contributed by atoms with Gasteiger partial charge in [-0.2, -0.15) is 0 Å². The second-order valence-corrected chi connectivity index (χ2v) is 8.65. The number of carbonyl (C=O) groups is 1. The highest BCUT2D eigenvalue weighted by molar-refractivity contribution is 8.26. The summed E-state index contributed by atoms with van der Waals surface area (Å²) in [7, 11) is 0. The molecule has 25 heavy (non-hydrogen) atoms. The van der Waals surface area contributed by atoms with Crippen molar-refractivity contribution < 1.29 is 4.79 Å². The van der Waals surface area contributed by atoms with Gasteiger partial charge < -0.3 is 10.6 Å². The van der Waals surface area contributed by atoms with Crippen LogP contribution in [0.4, 0.5) is 11.4 Å². The van der Waals surface area contributed by atoms with Crippen LogP contribution in [0.3, 0.4) is 0 Å². The lowest BCUT2D eigenvalue weighted by Gasteiger charge is -2.19. The minimum atomic E-state index is -0.129. The topological polar surface area (TPSA) is 41.1 Å². The molecular formula is C20H20N2OS2. The number of thioether (sulfide) groups is 1. The summed E-state index contributed by atoms with van der Waals surface area (Å²) < 4.78 is 0.508. The molecule has 0 unspecified atom stereocenters. The van der Waals surface area contributed by atoms with Crippen molar-refractivity contribution in [3.8, 4) is 0 Å². The maximum absolute atomic E-state index is 11.7. The maximum atomic E-state index is 11.7. The smallest absolute Gasteiger partial charge is 0.263 e. The molecule has 1 aliphatic heterocycles. The molecule has 5 heteroatoms. The van der Waals surface area contributed by atoms with Crippen LogP contribution in [-0.2, 0) is 10.2 Å². The van der Waals surface area contributed by atoms with Gasteiger partial charge in [-0.25, -0.2) is 0 Å². The Bertz CT molecular complexity index is 831. The van der Waals surface area contributed by atoms with Gasteiger partial charge in [0.2, 0.25) is 0 Å². The highest BCUT2D eigenvalue weighted by Gasteiger charge is 2.21. The van der Waals surface area contributed by atoms with Crippen LogP contribution >= 0.6 is 24.0 Å². The number of benzene rings is 2. The van der Waals surface area contributed by atoms with E-state index < -0.39 is 0 Å². The summed E-state index contributed by atoms with van der Waals surface area (Å²) in [6.07, 6.45) is 1.85. The maximum Gasteiger partial charge on any atom is 0.263 e. The van der Waals surface area contributed by atoms with Gasteiger partial charge in [-0.05, 0) is 46.9 Å². The summed E-state index contributed by atoms with van der Waals surface area (Å²) >= 11 is 6.29. The van der Waals surface area contributed by atoms with E-state index >= 15 is 0 Å². The fraction of sp³-hybridized carbons (Fsp3) is 0.200. The van der Waals surface area contributed by atoms with E-state index in [1.54, 1.807) is 0 Å². The van der Waals surface area contributed by atoms with Crippen LogP contribution in [0.5, 0.6) is 0 Å². The van der Waals surface area contributed by atoms with E-state index in [0.717, 1.165) is 16.9 Å². The number of thiocarbonyl (C=S) groups is 1. The lowest BCUT2D eigenvalue weighted by Crippen LogP contribution is -2.17. The Morgan fingerprint density at radius 1 is 1.00 bits per heavy atom. The van der Waals surface area contributed by atoms with Gasteiger partial charge in [0.25, 0.3) is 5.91 Å². The molecule has 1 amide bonds. The molecule has 0 saturated carbocycles. The van der Waals surface area contributed by atoms with Crippen molar-refractivity contribution in [3.05, 3.63) is 64.6 Å². The zero-order chi connectivity index (χ0) is 18.0. The van der Waals surface area contributed by atoms with Crippen molar-refractivity contribution in [2.45, 2.75) is 26.2 Å². The van der Waals surface area contributed by atoms with Crippen LogP contribution in [0, 0.1) is 0 Å². The van der Waals surface area contributed by atoms with E-state index in [1.807, 2.05) is 30.3 Å². The van der Waals surface area contributed by atoms with Crippen LogP contribution < -0.4 is 10.6 Å². The van der Waals surface area contributed by atoms with Gasteiger partial charge in [-0.1, -0.05) is 69.0 Å². The summed E-state index contributed by atoms with van der Waals surface area (Å²) in [5.41, 5.74) is 4.49. The van der Waals surface area contributed by atoms with E-state index in [2.05, 4.69) is 55.7 Å². The van der Waals surface area contributed by atoms with Crippen molar-refractivity contribution >= 4 is 51.7 Å². The molecule has 2 aromatic rings. The minimum Gasteiger partial charge on any atom is -0.356 e. The Morgan fingerprint density at radius 2 is 1.56 bits per heavy atom. The number of carbonyl (C=O) groups excluding carboxylic acids is 1. The summed E-state index contributed by atoms with van der Waals surface area (Å²) in [5.74, 6) is -0.129. The van der Waals surface area contributed by atoms with Gasteiger partial charge >= 0.3 is 0 Å². The quantitative estimate of drug-likeness (QED) is 0.576. The minimum absolute atomic E-state index is 0.129. The van der Waals surface area contributed by atoms with Crippen molar-refractivity contribution in [2.75, 3.05) is 5.32 Å². The van der Waals surface area contributed by atoms with Crippen molar-refractivity contribution in [2.24, 2.45) is 0 Å². The summed E-state index contributed by atoms with van der Waals surface area (Å²) in [6.45, 7) is 6.62. The number of nitrogens with one attached hydrogen (secondary N) is 2. The molecule has 3 nitrogen and oxygen atoms in total. The third kappa shape index (κ3) is 4.50. The molecule has 0 bridgehead atoms. The van der Waals surface area contributed by atoms with Crippen molar-refractivity contribution in [1.82, 2.24) is 5.32 Å². The average Bonchev–Trinajstić information content (AvgIpc) is 2.86. The normalized spacial score (nSPS) is 16.2. The third-order valence-corrected chi connectivity index (χ3v) is 5.05. The van der Waals surface area contributed by atoms with Gasteiger partial charge in [-0.15, -0.1) is 0 Å². The van der Waals surface area contributed by atoms with E-state index in [4.69, 9.17) is 12.2 Å². The molecule has 0 spiro atoms. The van der Waals surface area contributed by atoms with Crippen LogP contribution in [0.25, 0.3) is 6.08 Å². The molecule has 1 saturated heterocycles. The Balaban J connectivity index is 1.70. The first-order chi connectivity index (χ1) is 11.8. The number of amides is 1. The highest BCUT2D eigenvalue weighted by atomic mass is 32.2. The van der Waals surface area contributed by atoms with Crippen LogP contribution in [0.1, 0.15) is 31.9 Å². The molecule has 0 aliphatic carbocycles. The lowest BCUT2D eigenvalue weighted by molar-refractivity contribution is -0.115. The van der Waals surface area contributed by atoms with Crippen LogP contribution in [-0.4, -0.2) is 10.2 Å². The Kier molecular flexibility index (Phi) is 4.97. The fourth-order valence-corrected chi connectivity index (χ4v) is 3.50. The second kappa shape index (κ2) is 7.02. The molecular weight excluding hydrogens is 348 g/mol. The number of rotatable bonds is 3. The number of hydrogen-bond acceptors (Lipinski definition) is 4. The van der Waals surface area contributed by atoms with E-state index in [9.17, 15) is 4.79 Å². The van der Waals surface area contributed by atoms with Crippen LogP contribution in [0.2, 0.25) is 0 Å². The van der Waals surface area contributed by atoms with E-state index in [1.165, 1.54) is 17.3 Å². The molecule has 1 heterocycles. The van der Waals surface area contributed by atoms with Gasteiger partial charge in [0.15, 0.2) is 0 Å². The van der Waals surface area contributed by atoms with E-state index in [0.29, 0.717) is 9.23 Å². The Labute approximate surface area is 157 Å². The molecule has 3 rings (SSSR count). The molecule has 0 aromatic heterocycles. The summed E-state index contributed by atoms with van der Waals surface area (Å²) in [5, 5.41) is 6.01. The van der Waals surface area contributed by atoms with Gasteiger partial charge in [0.05, 0.1) is 4.91 Å². The Hall–Kier alpha value is -2.11. The second-order valence-electron chi connectivity index (χ2n) is 6.93. The first-order valence-electron chi connectivity index (χ1n) is 8.04. The SMILES string of the molecule is CC(C)(C)c1ccc(Nc2ccc(/C=C3/SC(=S)NC3=O)cc2)cc1. The third-order valence-electron chi connectivity index (χ3n) is 3.89. The first kappa shape index (κ1) is 17.7. The van der Waals surface area contributed by atoms with E-state index in [-0.39, 0.29) is 11.3 Å². The fourth-order valence-electron chi connectivity index (χ4n) is 2.46. The summed E-state index contributed by atoms with van der Waals surface area (Å²) in [6, 6.07) is 16.5. The zero-order valence-corrected chi connectivity index (χ0v) is 16.1. The summed E-state index contributed by atoms with van der Waals surface area (Å²) in [4.78, 5) is 12.3. The van der Waals surface area contributed by atoms with Gasteiger partial charge in [0, 0.05) is 11.4 Å². The lowest BCUT2D eigenvalue weighted by atomic mass is 9.87. The van der Waals surface area contributed by atoms with Crippen molar-refractivity contribution in [1.29, 1.82) is 0 Å². The van der Waals surface area contributed by atoms with Gasteiger partial charge in [-0.3, -0.25) is 4.79 Å². The standard InChI is InChI=1S/C20H20N2OS2/c1-20(2,3)14-6-10-16(11-7-14)21-15-8-4-13(5-9-15)12-17-18(23)22-19(24)25-17/h4-12,21H,1-3H3,(H,22,23,24)/b17-12+. The number of hydrogen-bond donors (Lipinski definition) is 2. The van der Waals surface area contributed by atoms with Gasteiger partial charge in [0.1, 0.15) is 4.32 Å². The van der Waals surface area contributed by atoms with Crippen molar-refractivity contribution in [3.63, 3.8) is 0 Å².